The van der Waals surface area contributed by atoms with Gasteiger partial charge in [-0.25, -0.2) is 0 Å². The van der Waals surface area contributed by atoms with Crippen molar-refractivity contribution < 1.29 is 4.79 Å². The fourth-order valence-electron chi connectivity index (χ4n) is 1.99. The Morgan fingerprint density at radius 1 is 1.43 bits per heavy atom. The first-order valence-corrected chi connectivity index (χ1v) is 5.09. The van der Waals surface area contributed by atoms with Crippen LogP contribution < -0.4 is 5.73 Å². The van der Waals surface area contributed by atoms with Gasteiger partial charge in [0.2, 0.25) is 5.91 Å². The van der Waals surface area contributed by atoms with Crippen LogP contribution in [0.3, 0.4) is 0 Å². The van der Waals surface area contributed by atoms with E-state index in [-0.39, 0.29) is 5.91 Å². The molecule has 2 nitrogen and oxygen atoms in total. The first kappa shape index (κ1) is 9.53. The molecule has 1 fully saturated rings. The summed E-state index contributed by atoms with van der Waals surface area (Å²) in [6.45, 7) is 0. The SMILES string of the molecule is NC(=O)C1(c2cccc(Cl)c2)CCC1. The van der Waals surface area contributed by atoms with Gasteiger partial charge in [0.15, 0.2) is 0 Å². The second kappa shape index (κ2) is 3.28. The van der Waals surface area contributed by atoms with Crippen molar-refractivity contribution in [2.45, 2.75) is 24.7 Å². The summed E-state index contributed by atoms with van der Waals surface area (Å²) in [5.41, 5.74) is 5.96. The molecule has 74 valence electrons. The van der Waals surface area contributed by atoms with Crippen molar-refractivity contribution in [3.05, 3.63) is 34.9 Å². The van der Waals surface area contributed by atoms with E-state index in [1.807, 2.05) is 18.2 Å². The zero-order valence-corrected chi connectivity index (χ0v) is 8.55. The summed E-state index contributed by atoms with van der Waals surface area (Å²) in [6.07, 6.45) is 2.76. The highest BCUT2D eigenvalue weighted by molar-refractivity contribution is 6.30. The third-order valence-corrected chi connectivity index (χ3v) is 3.29. The number of carbonyl (C=O) groups excluding carboxylic acids is 1. The van der Waals surface area contributed by atoms with Gasteiger partial charge >= 0.3 is 0 Å². The summed E-state index contributed by atoms with van der Waals surface area (Å²) in [6, 6.07) is 7.43. The zero-order valence-electron chi connectivity index (χ0n) is 7.79. The molecule has 1 aliphatic carbocycles. The van der Waals surface area contributed by atoms with E-state index in [4.69, 9.17) is 17.3 Å². The minimum atomic E-state index is -0.440. The second-order valence-electron chi connectivity index (χ2n) is 3.81. The molecule has 0 bridgehead atoms. The Balaban J connectivity index is 2.42. The predicted molar refractivity (Wildman–Crippen MR) is 56.2 cm³/mol. The maximum absolute atomic E-state index is 11.4. The minimum Gasteiger partial charge on any atom is -0.369 e. The molecule has 14 heavy (non-hydrogen) atoms. The van der Waals surface area contributed by atoms with Gasteiger partial charge in [0.05, 0.1) is 5.41 Å². The average Bonchev–Trinajstić information content (AvgIpc) is 2.00. The molecule has 1 saturated carbocycles. The van der Waals surface area contributed by atoms with Crippen LogP contribution in [0.5, 0.6) is 0 Å². The van der Waals surface area contributed by atoms with Crippen molar-refractivity contribution in [3.8, 4) is 0 Å². The molecule has 0 unspecified atom stereocenters. The maximum Gasteiger partial charge on any atom is 0.228 e. The lowest BCUT2D eigenvalue weighted by Gasteiger charge is -2.39. The van der Waals surface area contributed by atoms with Crippen molar-refractivity contribution >= 4 is 17.5 Å². The van der Waals surface area contributed by atoms with Crippen LogP contribution in [0, 0.1) is 0 Å². The van der Waals surface area contributed by atoms with Gasteiger partial charge in [-0.05, 0) is 30.5 Å². The van der Waals surface area contributed by atoms with Gasteiger partial charge in [-0.2, -0.15) is 0 Å². The molecule has 0 spiro atoms. The van der Waals surface area contributed by atoms with Crippen LogP contribution in [0.2, 0.25) is 5.02 Å². The topological polar surface area (TPSA) is 43.1 Å². The molecule has 1 aromatic carbocycles. The summed E-state index contributed by atoms with van der Waals surface area (Å²) in [4.78, 5) is 11.4. The first-order valence-electron chi connectivity index (χ1n) is 4.71. The molecular weight excluding hydrogens is 198 g/mol. The van der Waals surface area contributed by atoms with Crippen molar-refractivity contribution in [2.75, 3.05) is 0 Å². The van der Waals surface area contributed by atoms with E-state index < -0.39 is 5.41 Å². The summed E-state index contributed by atoms with van der Waals surface area (Å²) in [5, 5.41) is 0.662. The Bertz CT molecular complexity index is 371. The zero-order chi connectivity index (χ0) is 10.2. The highest BCUT2D eigenvalue weighted by Crippen LogP contribution is 2.43. The van der Waals surface area contributed by atoms with Crippen LogP contribution in [-0.2, 0) is 10.2 Å². The summed E-state index contributed by atoms with van der Waals surface area (Å²) >= 11 is 5.88. The Labute approximate surface area is 88.1 Å². The quantitative estimate of drug-likeness (QED) is 0.798. The van der Waals surface area contributed by atoms with Gasteiger partial charge in [-0.15, -0.1) is 0 Å². The molecule has 2 rings (SSSR count). The first-order chi connectivity index (χ1) is 6.65. The van der Waals surface area contributed by atoms with Crippen LogP contribution in [0.15, 0.2) is 24.3 Å². The lowest BCUT2D eigenvalue weighted by Crippen LogP contribution is -2.46. The van der Waals surface area contributed by atoms with E-state index in [0.717, 1.165) is 24.8 Å². The molecule has 1 amide bonds. The smallest absolute Gasteiger partial charge is 0.228 e. The Hall–Kier alpha value is -1.02. The highest BCUT2D eigenvalue weighted by Gasteiger charge is 2.44. The predicted octanol–water partition coefficient (Wildman–Crippen LogP) is 2.25. The van der Waals surface area contributed by atoms with Crippen LogP contribution in [0.25, 0.3) is 0 Å². The number of hydrogen-bond acceptors (Lipinski definition) is 1. The maximum atomic E-state index is 11.4. The normalized spacial score (nSPS) is 18.6. The van der Waals surface area contributed by atoms with Crippen LogP contribution in [0.4, 0.5) is 0 Å². The number of amides is 1. The van der Waals surface area contributed by atoms with E-state index in [2.05, 4.69) is 0 Å². The summed E-state index contributed by atoms with van der Waals surface area (Å²) in [5.74, 6) is -0.231. The Morgan fingerprint density at radius 2 is 2.14 bits per heavy atom. The van der Waals surface area contributed by atoms with Crippen molar-refractivity contribution in [3.63, 3.8) is 0 Å². The van der Waals surface area contributed by atoms with Crippen molar-refractivity contribution in [1.82, 2.24) is 0 Å². The lowest BCUT2D eigenvalue weighted by atomic mass is 9.64. The van der Waals surface area contributed by atoms with E-state index in [1.165, 1.54) is 0 Å². The van der Waals surface area contributed by atoms with Gasteiger partial charge in [-0.1, -0.05) is 30.2 Å². The van der Waals surface area contributed by atoms with Gasteiger partial charge < -0.3 is 5.73 Å². The number of rotatable bonds is 2. The van der Waals surface area contributed by atoms with Gasteiger partial charge in [0.25, 0.3) is 0 Å². The molecular formula is C11H12ClNO. The van der Waals surface area contributed by atoms with Crippen LogP contribution in [-0.4, -0.2) is 5.91 Å². The van der Waals surface area contributed by atoms with E-state index >= 15 is 0 Å². The van der Waals surface area contributed by atoms with Crippen LogP contribution in [0.1, 0.15) is 24.8 Å². The molecule has 1 aliphatic rings. The molecule has 0 heterocycles. The lowest BCUT2D eigenvalue weighted by molar-refractivity contribution is -0.126. The molecule has 2 N–H and O–H groups in total. The third-order valence-electron chi connectivity index (χ3n) is 3.06. The molecule has 0 radical (unpaired) electrons. The number of primary amides is 1. The van der Waals surface area contributed by atoms with E-state index in [9.17, 15) is 4.79 Å². The monoisotopic (exact) mass is 209 g/mol. The minimum absolute atomic E-state index is 0.231. The van der Waals surface area contributed by atoms with Gasteiger partial charge in [0.1, 0.15) is 0 Å². The highest BCUT2D eigenvalue weighted by atomic mass is 35.5. The molecule has 3 heteroatoms. The van der Waals surface area contributed by atoms with Crippen LogP contribution >= 0.6 is 11.6 Å². The van der Waals surface area contributed by atoms with E-state index in [0.29, 0.717) is 5.02 Å². The largest absolute Gasteiger partial charge is 0.369 e. The van der Waals surface area contributed by atoms with Crippen molar-refractivity contribution in [1.29, 1.82) is 0 Å². The number of nitrogens with two attached hydrogens (primary N) is 1. The average molecular weight is 210 g/mol. The molecule has 0 aliphatic heterocycles. The Morgan fingerprint density at radius 3 is 2.57 bits per heavy atom. The number of carbonyl (C=O) groups is 1. The van der Waals surface area contributed by atoms with Gasteiger partial charge in [0, 0.05) is 5.02 Å². The fraction of sp³-hybridized carbons (Fsp3) is 0.364. The fourth-order valence-corrected chi connectivity index (χ4v) is 2.18. The molecule has 1 aromatic rings. The number of hydrogen-bond donors (Lipinski definition) is 1. The second-order valence-corrected chi connectivity index (χ2v) is 4.25. The summed E-state index contributed by atoms with van der Waals surface area (Å²) < 4.78 is 0. The van der Waals surface area contributed by atoms with Crippen molar-refractivity contribution in [2.24, 2.45) is 5.73 Å². The third kappa shape index (κ3) is 1.30. The molecule has 0 atom stereocenters. The summed E-state index contributed by atoms with van der Waals surface area (Å²) in [7, 11) is 0. The Kier molecular flexibility index (Phi) is 2.23. The number of halogens is 1. The van der Waals surface area contributed by atoms with Gasteiger partial charge in [-0.3, -0.25) is 4.79 Å². The molecule has 0 saturated heterocycles. The molecule has 0 aromatic heterocycles. The number of benzene rings is 1. The standard InChI is InChI=1S/C11H12ClNO/c12-9-4-1-3-8(7-9)11(10(13)14)5-2-6-11/h1,3-4,7H,2,5-6H2,(H2,13,14). The van der Waals surface area contributed by atoms with E-state index in [1.54, 1.807) is 6.07 Å².